The third-order valence-electron chi connectivity index (χ3n) is 2.77. The Kier molecular flexibility index (Phi) is 2.25. The number of hydrogen-bond acceptors (Lipinski definition) is 3. The van der Waals surface area contributed by atoms with Gasteiger partial charge in [0.1, 0.15) is 12.1 Å². The van der Waals surface area contributed by atoms with E-state index in [0.717, 1.165) is 29.0 Å². The van der Waals surface area contributed by atoms with Gasteiger partial charge in [0.2, 0.25) is 5.90 Å². The molecule has 2 unspecified atom stereocenters. The number of ether oxygens (including phenoxy) is 1. The molecule has 3 rings (SSSR count). The molecule has 0 radical (unpaired) electrons. The first-order valence-electron chi connectivity index (χ1n) is 5.04. The topological polar surface area (TPSA) is 33.6 Å². The van der Waals surface area contributed by atoms with Crippen molar-refractivity contribution in [3.63, 3.8) is 0 Å². The minimum absolute atomic E-state index is 0.239. The third-order valence-corrected chi connectivity index (χ3v) is 3.29. The van der Waals surface area contributed by atoms with Crippen LogP contribution in [0.2, 0.25) is 0 Å². The number of fused-ring (bicyclic) bond motifs is 1. The summed E-state index contributed by atoms with van der Waals surface area (Å²) in [6.45, 7) is 1.85. The van der Waals surface area contributed by atoms with E-state index in [1.165, 1.54) is 0 Å². The zero-order valence-corrected chi connectivity index (χ0v) is 9.70. The molecule has 3 nitrogen and oxygen atoms in total. The molecule has 4 heteroatoms. The van der Waals surface area contributed by atoms with Crippen LogP contribution in [0.5, 0.6) is 0 Å². The molecule has 2 aliphatic heterocycles. The van der Waals surface area contributed by atoms with E-state index in [-0.39, 0.29) is 6.10 Å². The molecule has 0 saturated carbocycles. The number of benzene rings is 1. The summed E-state index contributed by atoms with van der Waals surface area (Å²) in [7, 11) is 0. The fourth-order valence-electron chi connectivity index (χ4n) is 1.95. The number of nitrogens with zero attached hydrogens (tertiary/aromatic N) is 1. The van der Waals surface area contributed by atoms with Gasteiger partial charge in [-0.25, -0.2) is 4.99 Å². The van der Waals surface area contributed by atoms with Crippen LogP contribution < -0.4 is 5.32 Å². The molecule has 0 amide bonds. The third kappa shape index (κ3) is 1.68. The van der Waals surface area contributed by atoms with Crippen LogP contribution in [0.4, 0.5) is 0 Å². The molecule has 2 atom stereocenters. The van der Waals surface area contributed by atoms with Gasteiger partial charge < -0.3 is 10.1 Å². The quantitative estimate of drug-likeness (QED) is 0.837. The highest BCUT2D eigenvalue weighted by atomic mass is 79.9. The lowest BCUT2D eigenvalue weighted by atomic mass is 10.2. The van der Waals surface area contributed by atoms with Crippen molar-refractivity contribution in [1.82, 2.24) is 5.32 Å². The maximum Gasteiger partial charge on any atom is 0.216 e. The van der Waals surface area contributed by atoms with Crippen molar-refractivity contribution in [2.45, 2.75) is 12.1 Å². The molecular weight excluding hydrogens is 256 g/mol. The van der Waals surface area contributed by atoms with Gasteiger partial charge in [-0.15, -0.1) is 0 Å². The summed E-state index contributed by atoms with van der Waals surface area (Å²) in [4.78, 5) is 4.57. The minimum Gasteiger partial charge on any atom is -0.470 e. The van der Waals surface area contributed by atoms with Gasteiger partial charge in [0.25, 0.3) is 0 Å². The molecule has 1 aromatic rings. The standard InChI is InChI=1S/C11H11BrN2O/c12-8-3-1-7(2-4-8)11-14-9-5-13-6-10(9)15-11/h1-4,9-10,13H,5-6H2. The Morgan fingerprint density at radius 1 is 1.27 bits per heavy atom. The van der Waals surface area contributed by atoms with Crippen molar-refractivity contribution in [1.29, 1.82) is 0 Å². The monoisotopic (exact) mass is 266 g/mol. The fraction of sp³-hybridized carbons (Fsp3) is 0.364. The molecule has 1 aromatic carbocycles. The summed E-state index contributed by atoms with van der Waals surface area (Å²) in [5.41, 5.74) is 1.06. The minimum atomic E-state index is 0.239. The second-order valence-corrected chi connectivity index (χ2v) is 4.74. The van der Waals surface area contributed by atoms with Crippen LogP contribution in [-0.2, 0) is 4.74 Å². The molecule has 78 valence electrons. The zero-order chi connectivity index (χ0) is 10.3. The second-order valence-electron chi connectivity index (χ2n) is 3.82. The van der Waals surface area contributed by atoms with Crippen molar-refractivity contribution in [2.75, 3.05) is 13.1 Å². The van der Waals surface area contributed by atoms with Gasteiger partial charge in [-0.1, -0.05) is 15.9 Å². The molecule has 1 N–H and O–H groups in total. The highest BCUT2D eigenvalue weighted by Crippen LogP contribution is 2.21. The molecular formula is C11H11BrN2O. The molecule has 0 spiro atoms. The molecule has 0 aliphatic carbocycles. The van der Waals surface area contributed by atoms with Gasteiger partial charge >= 0.3 is 0 Å². The van der Waals surface area contributed by atoms with Gasteiger partial charge in [-0.3, -0.25) is 0 Å². The van der Waals surface area contributed by atoms with Crippen LogP contribution in [0.15, 0.2) is 33.7 Å². The number of rotatable bonds is 1. The summed E-state index contributed by atoms with van der Waals surface area (Å²) >= 11 is 3.41. The Labute approximate surface area is 96.7 Å². The lowest BCUT2D eigenvalue weighted by molar-refractivity contribution is 0.225. The molecule has 1 saturated heterocycles. The maximum absolute atomic E-state index is 5.78. The Morgan fingerprint density at radius 2 is 2.07 bits per heavy atom. The van der Waals surface area contributed by atoms with E-state index < -0.39 is 0 Å². The van der Waals surface area contributed by atoms with Crippen LogP contribution in [-0.4, -0.2) is 31.1 Å². The van der Waals surface area contributed by atoms with Crippen LogP contribution >= 0.6 is 15.9 Å². The molecule has 2 heterocycles. The number of aliphatic imine (C=N–C) groups is 1. The van der Waals surface area contributed by atoms with Gasteiger partial charge in [-0.2, -0.15) is 0 Å². The Balaban J connectivity index is 1.87. The van der Waals surface area contributed by atoms with Gasteiger partial charge in [-0.05, 0) is 24.3 Å². The molecule has 15 heavy (non-hydrogen) atoms. The van der Waals surface area contributed by atoms with Crippen LogP contribution in [0, 0.1) is 0 Å². The SMILES string of the molecule is Brc1ccc(C2=NC3CNCC3O2)cc1. The van der Waals surface area contributed by atoms with E-state index in [0.29, 0.717) is 6.04 Å². The zero-order valence-electron chi connectivity index (χ0n) is 8.11. The highest BCUT2D eigenvalue weighted by molar-refractivity contribution is 9.10. The number of halogens is 1. The van der Waals surface area contributed by atoms with E-state index in [4.69, 9.17) is 4.74 Å². The lowest BCUT2D eigenvalue weighted by Crippen LogP contribution is -2.20. The highest BCUT2D eigenvalue weighted by Gasteiger charge is 2.35. The van der Waals surface area contributed by atoms with Crippen molar-refractivity contribution >= 4 is 21.8 Å². The predicted molar refractivity (Wildman–Crippen MR) is 62.2 cm³/mol. The van der Waals surface area contributed by atoms with Gasteiger partial charge in [0.05, 0.1) is 0 Å². The van der Waals surface area contributed by atoms with E-state index in [9.17, 15) is 0 Å². The average Bonchev–Trinajstić information content (AvgIpc) is 2.78. The lowest BCUT2D eigenvalue weighted by Gasteiger charge is -2.07. The second kappa shape index (κ2) is 3.61. The normalized spacial score (nSPS) is 28.5. The largest absolute Gasteiger partial charge is 0.470 e. The fourth-order valence-corrected chi connectivity index (χ4v) is 2.21. The molecule has 0 bridgehead atoms. The Hall–Kier alpha value is -0.870. The molecule has 2 aliphatic rings. The van der Waals surface area contributed by atoms with E-state index in [1.54, 1.807) is 0 Å². The van der Waals surface area contributed by atoms with Crippen LogP contribution in [0.1, 0.15) is 5.56 Å². The van der Waals surface area contributed by atoms with E-state index in [2.05, 4.69) is 26.2 Å². The number of nitrogens with one attached hydrogen (secondary N) is 1. The first-order valence-corrected chi connectivity index (χ1v) is 5.83. The summed E-state index contributed by atoms with van der Waals surface area (Å²) in [5, 5.41) is 3.27. The maximum atomic E-state index is 5.78. The smallest absolute Gasteiger partial charge is 0.216 e. The Bertz CT molecular complexity index is 402. The van der Waals surface area contributed by atoms with Crippen molar-refractivity contribution in [3.05, 3.63) is 34.3 Å². The Morgan fingerprint density at radius 3 is 2.80 bits per heavy atom. The summed E-state index contributed by atoms with van der Waals surface area (Å²) in [5.74, 6) is 0.791. The first-order chi connectivity index (χ1) is 7.33. The summed E-state index contributed by atoms with van der Waals surface area (Å²) in [6, 6.07) is 8.37. The summed E-state index contributed by atoms with van der Waals surface area (Å²) < 4.78 is 6.86. The predicted octanol–water partition coefficient (Wildman–Crippen LogP) is 1.57. The molecule has 1 fully saturated rings. The van der Waals surface area contributed by atoms with E-state index in [1.807, 2.05) is 24.3 Å². The van der Waals surface area contributed by atoms with E-state index >= 15 is 0 Å². The molecule has 0 aromatic heterocycles. The van der Waals surface area contributed by atoms with Crippen molar-refractivity contribution in [2.24, 2.45) is 4.99 Å². The average molecular weight is 267 g/mol. The van der Waals surface area contributed by atoms with Crippen molar-refractivity contribution < 1.29 is 4.74 Å². The van der Waals surface area contributed by atoms with Crippen LogP contribution in [0.25, 0.3) is 0 Å². The summed E-state index contributed by atoms with van der Waals surface area (Å²) in [6.07, 6.45) is 0.239. The van der Waals surface area contributed by atoms with Gasteiger partial charge in [0, 0.05) is 23.1 Å². The first kappa shape index (κ1) is 9.36. The van der Waals surface area contributed by atoms with Crippen molar-refractivity contribution in [3.8, 4) is 0 Å². The van der Waals surface area contributed by atoms with Crippen LogP contribution in [0.3, 0.4) is 0 Å². The number of hydrogen-bond donors (Lipinski definition) is 1. The van der Waals surface area contributed by atoms with Gasteiger partial charge in [0.15, 0.2) is 0 Å².